The molecule has 2 atom stereocenters. The van der Waals surface area contributed by atoms with Crippen LogP contribution in [0.4, 0.5) is 0 Å². The third-order valence-electron chi connectivity index (χ3n) is 3.32. The summed E-state index contributed by atoms with van der Waals surface area (Å²) in [4.78, 5) is 0. The Bertz CT molecular complexity index is 779. The second-order valence-corrected chi connectivity index (χ2v) is 7.83. The fourth-order valence-corrected chi connectivity index (χ4v) is 3.96. The van der Waals surface area contributed by atoms with Gasteiger partial charge in [-0.25, -0.2) is 8.42 Å². The van der Waals surface area contributed by atoms with Crippen LogP contribution in [0.1, 0.15) is 18.7 Å². The molecule has 0 amide bonds. The maximum atomic E-state index is 11.4. The molecule has 0 aliphatic carbocycles. The van der Waals surface area contributed by atoms with Crippen LogP contribution in [-0.2, 0) is 9.84 Å². The average Bonchev–Trinajstić information content (AvgIpc) is 2.92. The zero-order chi connectivity index (χ0) is 14.3. The molecule has 0 radical (unpaired) electrons. The van der Waals surface area contributed by atoms with Gasteiger partial charge in [0.1, 0.15) is 11.3 Å². The number of benzene rings is 1. The standard InChI is InChI=1S/C14H14BrNO3S/c1-9(16-12-4-5-20(17,18)8-12)14-7-10-6-11(15)2-3-13(10)19-14/h2-7,9,12,16H,8H2,1H3. The summed E-state index contributed by atoms with van der Waals surface area (Å²) >= 11 is 3.43. The van der Waals surface area contributed by atoms with E-state index in [-0.39, 0.29) is 17.8 Å². The number of fused-ring (bicyclic) bond motifs is 1. The predicted molar refractivity (Wildman–Crippen MR) is 82.2 cm³/mol. The molecule has 0 fully saturated rings. The lowest BCUT2D eigenvalue weighted by molar-refractivity contribution is 0.438. The van der Waals surface area contributed by atoms with Crippen LogP contribution in [0.5, 0.6) is 0 Å². The van der Waals surface area contributed by atoms with E-state index >= 15 is 0 Å². The minimum atomic E-state index is -3.03. The number of sulfone groups is 1. The summed E-state index contributed by atoms with van der Waals surface area (Å²) in [5, 5.41) is 5.55. The number of hydrogen-bond donors (Lipinski definition) is 1. The van der Waals surface area contributed by atoms with E-state index < -0.39 is 9.84 Å². The van der Waals surface area contributed by atoms with Gasteiger partial charge in [-0.15, -0.1) is 0 Å². The first-order valence-electron chi connectivity index (χ1n) is 6.29. The highest BCUT2D eigenvalue weighted by Crippen LogP contribution is 2.27. The van der Waals surface area contributed by atoms with Crippen molar-refractivity contribution in [2.24, 2.45) is 0 Å². The van der Waals surface area contributed by atoms with E-state index in [9.17, 15) is 8.42 Å². The first-order chi connectivity index (χ1) is 9.43. The smallest absolute Gasteiger partial charge is 0.173 e. The normalized spacial score (nSPS) is 22.4. The monoisotopic (exact) mass is 355 g/mol. The fraction of sp³-hybridized carbons (Fsp3) is 0.286. The van der Waals surface area contributed by atoms with Crippen molar-refractivity contribution in [2.75, 3.05) is 5.75 Å². The van der Waals surface area contributed by atoms with E-state index in [4.69, 9.17) is 4.42 Å². The van der Waals surface area contributed by atoms with Crippen molar-refractivity contribution < 1.29 is 12.8 Å². The second-order valence-electron chi connectivity index (χ2n) is 4.98. The molecule has 0 saturated heterocycles. The van der Waals surface area contributed by atoms with E-state index in [1.54, 1.807) is 6.08 Å². The van der Waals surface area contributed by atoms with E-state index in [2.05, 4.69) is 21.2 Å². The highest BCUT2D eigenvalue weighted by Gasteiger charge is 2.24. The van der Waals surface area contributed by atoms with Gasteiger partial charge in [-0.05, 0) is 31.2 Å². The molecule has 20 heavy (non-hydrogen) atoms. The Kier molecular flexibility index (Phi) is 3.48. The Labute approximate surface area is 125 Å². The summed E-state index contributed by atoms with van der Waals surface area (Å²) < 4.78 is 29.6. The van der Waals surface area contributed by atoms with Crippen molar-refractivity contribution in [1.82, 2.24) is 5.32 Å². The highest BCUT2D eigenvalue weighted by atomic mass is 79.9. The van der Waals surface area contributed by atoms with Gasteiger partial charge in [0.25, 0.3) is 0 Å². The van der Waals surface area contributed by atoms with Gasteiger partial charge in [0.15, 0.2) is 9.84 Å². The van der Waals surface area contributed by atoms with Crippen LogP contribution >= 0.6 is 15.9 Å². The molecule has 0 bridgehead atoms. The van der Waals surface area contributed by atoms with Crippen LogP contribution in [0.25, 0.3) is 11.0 Å². The molecule has 4 nitrogen and oxygen atoms in total. The zero-order valence-electron chi connectivity index (χ0n) is 10.8. The third-order valence-corrected chi connectivity index (χ3v) is 5.21. The molecule has 0 saturated carbocycles. The summed E-state index contributed by atoms with van der Waals surface area (Å²) in [5.41, 5.74) is 0.825. The predicted octanol–water partition coefficient (Wildman–Crippen LogP) is 3.16. The van der Waals surface area contributed by atoms with Crippen molar-refractivity contribution in [3.63, 3.8) is 0 Å². The zero-order valence-corrected chi connectivity index (χ0v) is 13.2. The van der Waals surface area contributed by atoms with Crippen molar-refractivity contribution in [2.45, 2.75) is 19.0 Å². The fourth-order valence-electron chi connectivity index (χ4n) is 2.33. The lowest BCUT2D eigenvalue weighted by Gasteiger charge is -2.15. The van der Waals surface area contributed by atoms with Gasteiger partial charge in [0.05, 0.1) is 11.8 Å². The summed E-state index contributed by atoms with van der Waals surface area (Å²) in [7, 11) is -3.03. The molecular formula is C14H14BrNO3S. The van der Waals surface area contributed by atoms with Crippen LogP contribution in [0.15, 0.2) is 44.6 Å². The molecule has 6 heteroatoms. The Balaban J connectivity index is 1.79. The molecule has 1 aromatic heterocycles. The Morgan fingerprint density at radius 2 is 2.20 bits per heavy atom. The van der Waals surface area contributed by atoms with Gasteiger partial charge in [0, 0.05) is 21.3 Å². The molecule has 2 unspecified atom stereocenters. The van der Waals surface area contributed by atoms with Gasteiger partial charge in [0.2, 0.25) is 0 Å². The summed E-state index contributed by atoms with van der Waals surface area (Å²) in [6, 6.07) is 7.61. The minimum Gasteiger partial charge on any atom is -0.459 e. The lowest BCUT2D eigenvalue weighted by atomic mass is 10.2. The number of rotatable bonds is 3. The highest BCUT2D eigenvalue weighted by molar-refractivity contribution is 9.10. The molecule has 1 aliphatic rings. The van der Waals surface area contributed by atoms with Crippen molar-refractivity contribution in [3.05, 3.63) is 46.0 Å². The molecular weight excluding hydrogens is 342 g/mol. The van der Waals surface area contributed by atoms with Gasteiger partial charge < -0.3 is 9.73 Å². The van der Waals surface area contributed by atoms with Crippen LogP contribution in [0.3, 0.4) is 0 Å². The van der Waals surface area contributed by atoms with Crippen LogP contribution in [0, 0.1) is 0 Å². The van der Waals surface area contributed by atoms with Gasteiger partial charge in [-0.2, -0.15) is 0 Å². The SMILES string of the molecule is CC(NC1C=CS(=O)(=O)C1)c1cc2cc(Br)ccc2o1. The molecule has 1 aliphatic heterocycles. The van der Waals surface area contributed by atoms with Crippen LogP contribution in [-0.4, -0.2) is 20.2 Å². The number of furan rings is 1. The maximum absolute atomic E-state index is 11.4. The molecule has 3 rings (SSSR count). The second kappa shape index (κ2) is 5.02. The van der Waals surface area contributed by atoms with Crippen molar-refractivity contribution in [1.29, 1.82) is 0 Å². The molecule has 1 N–H and O–H groups in total. The van der Waals surface area contributed by atoms with E-state index in [1.807, 2.05) is 31.2 Å². The third kappa shape index (κ3) is 2.82. The van der Waals surface area contributed by atoms with E-state index in [0.29, 0.717) is 0 Å². The Morgan fingerprint density at radius 3 is 2.90 bits per heavy atom. The van der Waals surface area contributed by atoms with Gasteiger partial charge in [-0.3, -0.25) is 0 Å². The Morgan fingerprint density at radius 1 is 1.40 bits per heavy atom. The molecule has 106 valence electrons. The number of halogens is 1. The Hall–Kier alpha value is -1.11. The molecule has 1 aromatic carbocycles. The van der Waals surface area contributed by atoms with Gasteiger partial charge in [-0.1, -0.05) is 22.0 Å². The van der Waals surface area contributed by atoms with Gasteiger partial charge >= 0.3 is 0 Å². The molecule has 2 aromatic rings. The maximum Gasteiger partial charge on any atom is 0.173 e. The lowest BCUT2D eigenvalue weighted by Crippen LogP contribution is -2.32. The number of nitrogens with one attached hydrogen (secondary N) is 1. The average molecular weight is 356 g/mol. The quantitative estimate of drug-likeness (QED) is 0.918. The van der Waals surface area contributed by atoms with Crippen LogP contribution in [0.2, 0.25) is 0 Å². The van der Waals surface area contributed by atoms with E-state index in [1.165, 1.54) is 5.41 Å². The van der Waals surface area contributed by atoms with Crippen LogP contribution < -0.4 is 5.32 Å². The van der Waals surface area contributed by atoms with E-state index in [0.717, 1.165) is 21.2 Å². The molecule has 2 heterocycles. The first-order valence-corrected chi connectivity index (χ1v) is 8.80. The molecule has 0 spiro atoms. The summed E-state index contributed by atoms with van der Waals surface area (Å²) in [5.74, 6) is 0.916. The van der Waals surface area contributed by atoms with Crippen molar-refractivity contribution >= 4 is 36.7 Å². The number of hydrogen-bond acceptors (Lipinski definition) is 4. The minimum absolute atomic E-state index is 0.0517. The largest absolute Gasteiger partial charge is 0.459 e. The van der Waals surface area contributed by atoms with Crippen molar-refractivity contribution in [3.8, 4) is 0 Å². The summed E-state index contributed by atoms with van der Waals surface area (Å²) in [6.07, 6.45) is 1.69. The topological polar surface area (TPSA) is 59.3 Å². The summed E-state index contributed by atoms with van der Waals surface area (Å²) in [6.45, 7) is 1.96. The first kappa shape index (κ1) is 13.9.